The Kier molecular flexibility index (Phi) is 7.12. The van der Waals surface area contributed by atoms with Gasteiger partial charge in [-0.2, -0.15) is 5.10 Å². The maximum atomic E-state index is 13.3. The summed E-state index contributed by atoms with van der Waals surface area (Å²) in [5.74, 6) is -0.724. The molecule has 1 aliphatic heterocycles. The number of hydrogen-bond acceptors (Lipinski definition) is 7. The number of para-hydroxylation sites is 1. The van der Waals surface area contributed by atoms with Crippen LogP contribution in [0.4, 0.5) is 0 Å². The molecule has 1 saturated heterocycles. The van der Waals surface area contributed by atoms with Gasteiger partial charge in [-0.25, -0.2) is 0 Å². The molecule has 0 spiro atoms. The first-order valence-electron chi connectivity index (χ1n) is 10.8. The second-order valence-corrected chi connectivity index (χ2v) is 8.40. The molecule has 1 aromatic heterocycles. The van der Waals surface area contributed by atoms with E-state index in [1.165, 1.54) is 19.1 Å². The molecule has 178 valence electrons. The molecule has 1 aliphatic rings. The number of likely N-dealkylation sites (tertiary alicyclic amines) is 1. The normalized spacial score (nSPS) is 17.8. The van der Waals surface area contributed by atoms with E-state index >= 15 is 0 Å². The molecule has 0 saturated carbocycles. The number of aliphatic hydroxyl groups is 1. The predicted octanol–water partition coefficient (Wildman–Crippen LogP) is 2.43. The summed E-state index contributed by atoms with van der Waals surface area (Å²) >= 11 is 0. The molecule has 33 heavy (non-hydrogen) atoms. The van der Waals surface area contributed by atoms with Gasteiger partial charge in [-0.05, 0) is 47.0 Å². The number of hydrogen-bond donors (Lipinski definition) is 1. The number of rotatable bonds is 8. The van der Waals surface area contributed by atoms with Crippen LogP contribution in [0.1, 0.15) is 35.0 Å². The van der Waals surface area contributed by atoms with Crippen LogP contribution in [0.25, 0.3) is 5.76 Å². The number of benzene rings is 1. The third-order valence-electron chi connectivity index (χ3n) is 6.02. The summed E-state index contributed by atoms with van der Waals surface area (Å²) in [6.07, 6.45) is 0.661. The molecule has 2 aromatic rings. The van der Waals surface area contributed by atoms with Crippen LogP contribution in [0.3, 0.4) is 0 Å². The van der Waals surface area contributed by atoms with Crippen molar-refractivity contribution in [2.75, 3.05) is 41.4 Å². The van der Waals surface area contributed by atoms with Crippen molar-refractivity contribution in [3.8, 4) is 11.5 Å². The highest BCUT2D eigenvalue weighted by atomic mass is 16.5. The molecule has 0 bridgehead atoms. The van der Waals surface area contributed by atoms with E-state index in [4.69, 9.17) is 9.47 Å². The van der Waals surface area contributed by atoms with Gasteiger partial charge in [0.2, 0.25) is 0 Å². The van der Waals surface area contributed by atoms with Gasteiger partial charge in [0.1, 0.15) is 5.76 Å². The number of carbonyl (C=O) groups excluding carboxylic acids is 2. The van der Waals surface area contributed by atoms with Crippen LogP contribution in [0.15, 0.2) is 23.8 Å². The van der Waals surface area contributed by atoms with Crippen LogP contribution in [-0.2, 0) is 16.6 Å². The van der Waals surface area contributed by atoms with E-state index in [1.54, 1.807) is 36.9 Å². The molecule has 1 atom stereocenters. The van der Waals surface area contributed by atoms with Crippen molar-refractivity contribution >= 4 is 17.4 Å². The van der Waals surface area contributed by atoms with E-state index in [0.717, 1.165) is 6.54 Å². The van der Waals surface area contributed by atoms with Crippen LogP contribution in [0.2, 0.25) is 0 Å². The minimum absolute atomic E-state index is 0.0237. The highest BCUT2D eigenvalue weighted by molar-refractivity contribution is 6.46. The molecule has 0 radical (unpaired) electrons. The summed E-state index contributed by atoms with van der Waals surface area (Å²) in [5.41, 5.74) is 2.32. The number of carbonyl (C=O) groups is 2. The van der Waals surface area contributed by atoms with Crippen molar-refractivity contribution in [3.63, 3.8) is 0 Å². The fraction of sp³-hybridized carbons (Fsp3) is 0.458. The standard InChI is InChI=1S/C24H32N4O5/c1-14-18(15(2)27(5)25-14)21(29)19-20(16-10-8-11-17(32-6)23(16)33-7)28(24(31)22(19)30)13-9-12-26(3)4/h8,10-11,20,29H,9,12-13H2,1-7H3/b21-19+/t20-/m1/s1. The molecule has 9 nitrogen and oxygen atoms in total. The van der Waals surface area contributed by atoms with Gasteiger partial charge in [-0.3, -0.25) is 14.3 Å². The van der Waals surface area contributed by atoms with Crippen LogP contribution < -0.4 is 9.47 Å². The predicted molar refractivity (Wildman–Crippen MR) is 124 cm³/mol. The minimum atomic E-state index is -0.823. The lowest BCUT2D eigenvalue weighted by molar-refractivity contribution is -0.140. The molecule has 0 unspecified atom stereocenters. The van der Waals surface area contributed by atoms with Crippen LogP contribution >= 0.6 is 0 Å². The van der Waals surface area contributed by atoms with E-state index < -0.39 is 17.7 Å². The lowest BCUT2D eigenvalue weighted by Crippen LogP contribution is -2.32. The summed E-state index contributed by atoms with van der Waals surface area (Å²) < 4.78 is 12.7. The number of aromatic nitrogens is 2. The third-order valence-corrected chi connectivity index (χ3v) is 6.02. The smallest absolute Gasteiger partial charge is 0.295 e. The van der Waals surface area contributed by atoms with Crippen molar-refractivity contribution in [3.05, 3.63) is 46.3 Å². The first-order valence-corrected chi connectivity index (χ1v) is 10.8. The topological polar surface area (TPSA) is 97.1 Å². The summed E-state index contributed by atoms with van der Waals surface area (Å²) in [4.78, 5) is 30.0. The van der Waals surface area contributed by atoms with Crippen molar-refractivity contribution in [1.82, 2.24) is 19.6 Å². The van der Waals surface area contributed by atoms with Crippen molar-refractivity contribution < 1.29 is 24.2 Å². The van der Waals surface area contributed by atoms with E-state index in [0.29, 0.717) is 47.0 Å². The van der Waals surface area contributed by atoms with Gasteiger partial charge in [0.05, 0.1) is 37.1 Å². The number of ether oxygens (including phenoxy) is 2. The number of nitrogens with zero attached hydrogens (tertiary/aromatic N) is 4. The highest BCUT2D eigenvalue weighted by Crippen LogP contribution is 2.45. The molecule has 1 amide bonds. The SMILES string of the molecule is COc1cccc([C@@H]2/C(=C(\O)c3c(C)nn(C)c3C)C(=O)C(=O)N2CCCN(C)C)c1OC. The van der Waals surface area contributed by atoms with E-state index in [9.17, 15) is 14.7 Å². The van der Waals surface area contributed by atoms with Crippen LogP contribution in [0, 0.1) is 13.8 Å². The molecule has 3 rings (SSSR count). The summed E-state index contributed by atoms with van der Waals surface area (Å²) in [5, 5.41) is 15.7. The molecule has 1 fully saturated rings. The van der Waals surface area contributed by atoms with E-state index in [1.807, 2.05) is 25.9 Å². The lowest BCUT2D eigenvalue weighted by atomic mass is 9.93. The Labute approximate surface area is 194 Å². The zero-order valence-electron chi connectivity index (χ0n) is 20.3. The van der Waals surface area contributed by atoms with Gasteiger partial charge in [-0.15, -0.1) is 0 Å². The largest absolute Gasteiger partial charge is 0.507 e. The first kappa shape index (κ1) is 24.3. The Hall–Kier alpha value is -3.33. The molecule has 1 aromatic carbocycles. The average Bonchev–Trinajstić information content (AvgIpc) is 3.18. The zero-order valence-corrected chi connectivity index (χ0v) is 20.3. The van der Waals surface area contributed by atoms with Crippen molar-refractivity contribution in [1.29, 1.82) is 0 Å². The maximum absolute atomic E-state index is 13.3. The van der Waals surface area contributed by atoms with Crippen molar-refractivity contribution in [2.45, 2.75) is 26.3 Å². The Morgan fingerprint density at radius 3 is 2.42 bits per heavy atom. The quantitative estimate of drug-likeness (QED) is 0.370. The molecule has 9 heteroatoms. The third kappa shape index (κ3) is 4.32. The Morgan fingerprint density at radius 1 is 1.18 bits per heavy atom. The monoisotopic (exact) mass is 456 g/mol. The number of aryl methyl sites for hydroxylation is 2. The summed E-state index contributed by atoms with van der Waals surface area (Å²) in [6, 6.07) is 4.48. The molecule has 2 heterocycles. The number of amides is 1. The average molecular weight is 457 g/mol. The summed E-state index contributed by atoms with van der Waals surface area (Å²) in [7, 11) is 8.70. The van der Waals surface area contributed by atoms with E-state index in [-0.39, 0.29) is 11.3 Å². The highest BCUT2D eigenvalue weighted by Gasteiger charge is 2.47. The zero-order chi connectivity index (χ0) is 24.4. The van der Waals surface area contributed by atoms with Gasteiger partial charge in [-0.1, -0.05) is 12.1 Å². The number of methoxy groups -OCH3 is 2. The van der Waals surface area contributed by atoms with Gasteiger partial charge in [0.25, 0.3) is 11.7 Å². The molecular formula is C24H32N4O5. The fourth-order valence-electron chi connectivity index (χ4n) is 4.37. The van der Waals surface area contributed by atoms with Crippen molar-refractivity contribution in [2.24, 2.45) is 7.05 Å². The number of aliphatic hydroxyl groups excluding tert-OH is 1. The van der Waals surface area contributed by atoms with Gasteiger partial charge in [0, 0.05) is 24.8 Å². The lowest BCUT2D eigenvalue weighted by Gasteiger charge is -2.27. The van der Waals surface area contributed by atoms with E-state index in [2.05, 4.69) is 5.10 Å². The molecular weight excluding hydrogens is 424 g/mol. The van der Waals surface area contributed by atoms with Gasteiger partial charge < -0.3 is 24.4 Å². The Bertz CT molecular complexity index is 1100. The second-order valence-electron chi connectivity index (χ2n) is 8.40. The second kappa shape index (κ2) is 9.66. The molecule has 1 N–H and O–H groups in total. The maximum Gasteiger partial charge on any atom is 0.295 e. The first-order chi connectivity index (χ1) is 15.6. The van der Waals surface area contributed by atoms with Gasteiger partial charge >= 0.3 is 0 Å². The fourth-order valence-corrected chi connectivity index (χ4v) is 4.37. The Morgan fingerprint density at radius 2 is 1.88 bits per heavy atom. The van der Waals surface area contributed by atoms with Crippen LogP contribution in [-0.4, -0.2) is 77.8 Å². The molecule has 0 aliphatic carbocycles. The minimum Gasteiger partial charge on any atom is -0.507 e. The number of ketones is 1. The summed E-state index contributed by atoms with van der Waals surface area (Å²) in [6.45, 7) is 4.65. The van der Waals surface area contributed by atoms with Crippen LogP contribution in [0.5, 0.6) is 11.5 Å². The Balaban J connectivity index is 2.25. The van der Waals surface area contributed by atoms with Gasteiger partial charge in [0.15, 0.2) is 11.5 Å². The number of Topliss-reactive ketones (excluding diaryl/α,β-unsaturated/α-hetero) is 1.